The van der Waals surface area contributed by atoms with E-state index in [-0.39, 0.29) is 6.10 Å². The summed E-state index contributed by atoms with van der Waals surface area (Å²) in [6.07, 6.45) is 6.24. The van der Waals surface area contributed by atoms with Gasteiger partial charge in [-0.15, -0.1) is 0 Å². The molecule has 1 atom stereocenters. The third kappa shape index (κ3) is 5.09. The van der Waals surface area contributed by atoms with Crippen LogP contribution in [0.4, 0.5) is 0 Å². The highest BCUT2D eigenvalue weighted by atomic mass is 16.5. The van der Waals surface area contributed by atoms with Crippen molar-refractivity contribution in [3.8, 4) is 0 Å². The van der Waals surface area contributed by atoms with E-state index in [2.05, 4.69) is 45.0 Å². The summed E-state index contributed by atoms with van der Waals surface area (Å²) in [5, 5.41) is 0. The highest BCUT2D eigenvalue weighted by Gasteiger charge is 2.32. The molecule has 0 spiro atoms. The molecule has 0 bridgehead atoms. The Balaban J connectivity index is 1.28. The second kappa shape index (κ2) is 9.18. The van der Waals surface area contributed by atoms with Gasteiger partial charge in [0.1, 0.15) is 0 Å². The molecule has 2 heterocycles. The summed E-state index contributed by atoms with van der Waals surface area (Å²) in [5.41, 5.74) is 1.36. The van der Waals surface area contributed by atoms with Crippen molar-refractivity contribution in [3.05, 3.63) is 35.9 Å². The maximum absolute atomic E-state index is 12.6. The monoisotopic (exact) mass is 371 g/mol. The van der Waals surface area contributed by atoms with Gasteiger partial charge in [-0.1, -0.05) is 43.2 Å². The normalized spacial score (nSPS) is 26.4. The van der Waals surface area contributed by atoms with Gasteiger partial charge in [-0.2, -0.15) is 0 Å². The highest BCUT2D eigenvalue weighted by molar-refractivity contribution is 5.79. The summed E-state index contributed by atoms with van der Waals surface area (Å²) in [6.45, 7) is 7.15. The highest BCUT2D eigenvalue weighted by Crippen LogP contribution is 2.25. The number of nitrogens with zero attached hydrogens (tertiary/aromatic N) is 3. The molecule has 2 aliphatic heterocycles. The smallest absolute Gasteiger partial charge is 0.237 e. The lowest BCUT2D eigenvalue weighted by Crippen LogP contribution is -2.55. The number of carbonyl (C=O) groups is 1. The Bertz CT molecular complexity index is 603. The lowest BCUT2D eigenvalue weighted by Gasteiger charge is -2.39. The summed E-state index contributed by atoms with van der Waals surface area (Å²) in [5.74, 6) is 0.322. The van der Waals surface area contributed by atoms with E-state index in [4.69, 9.17) is 4.74 Å². The zero-order valence-electron chi connectivity index (χ0n) is 16.4. The number of carbonyl (C=O) groups excluding carboxylic acids is 1. The first kappa shape index (κ1) is 18.9. The third-order valence-electron chi connectivity index (χ3n) is 6.25. The standard InChI is InChI=1S/C22H33N3O2/c26-22-18-24(12-13-25(22)20-9-4-5-10-20)17-21-16-23(11-6-14-27-21)15-19-7-2-1-3-8-19/h1-3,7-8,20-21H,4-6,9-18H2. The number of ether oxygens (including phenoxy) is 1. The fourth-order valence-electron chi connectivity index (χ4n) is 4.85. The third-order valence-corrected chi connectivity index (χ3v) is 6.25. The Labute approximate surface area is 163 Å². The van der Waals surface area contributed by atoms with Gasteiger partial charge in [0, 0.05) is 51.9 Å². The molecule has 0 N–H and O–H groups in total. The van der Waals surface area contributed by atoms with Crippen LogP contribution in [-0.4, -0.2) is 78.6 Å². The van der Waals surface area contributed by atoms with Gasteiger partial charge in [-0.25, -0.2) is 0 Å². The molecule has 4 rings (SSSR count). The SMILES string of the molecule is O=C1CN(CC2CN(Cc3ccccc3)CCCO2)CCN1C1CCCC1. The van der Waals surface area contributed by atoms with E-state index in [0.717, 1.165) is 52.3 Å². The molecule has 0 aromatic heterocycles. The van der Waals surface area contributed by atoms with Crippen LogP contribution >= 0.6 is 0 Å². The average Bonchev–Trinajstić information content (AvgIpc) is 3.11. The van der Waals surface area contributed by atoms with E-state index in [1.165, 1.54) is 31.2 Å². The minimum Gasteiger partial charge on any atom is -0.376 e. The fraction of sp³-hybridized carbons (Fsp3) is 0.682. The Morgan fingerprint density at radius 3 is 2.56 bits per heavy atom. The number of amides is 1. The van der Waals surface area contributed by atoms with E-state index in [9.17, 15) is 4.79 Å². The average molecular weight is 372 g/mol. The zero-order valence-corrected chi connectivity index (χ0v) is 16.4. The molecule has 5 nitrogen and oxygen atoms in total. The maximum atomic E-state index is 12.6. The Morgan fingerprint density at radius 2 is 1.78 bits per heavy atom. The minimum atomic E-state index is 0.196. The summed E-state index contributed by atoms with van der Waals surface area (Å²) >= 11 is 0. The van der Waals surface area contributed by atoms with Crippen LogP contribution in [0.5, 0.6) is 0 Å². The second-order valence-electron chi connectivity index (χ2n) is 8.33. The molecule has 3 fully saturated rings. The summed E-state index contributed by atoms with van der Waals surface area (Å²) in [7, 11) is 0. The van der Waals surface area contributed by atoms with Crippen molar-refractivity contribution >= 4 is 5.91 Å². The van der Waals surface area contributed by atoms with Gasteiger partial charge in [-0.3, -0.25) is 14.6 Å². The topological polar surface area (TPSA) is 36.0 Å². The molecule has 3 aliphatic rings. The molecule has 1 aliphatic carbocycles. The van der Waals surface area contributed by atoms with E-state index in [1.54, 1.807) is 0 Å². The van der Waals surface area contributed by atoms with Crippen molar-refractivity contribution in [1.82, 2.24) is 14.7 Å². The Morgan fingerprint density at radius 1 is 0.963 bits per heavy atom. The molecule has 27 heavy (non-hydrogen) atoms. The predicted molar refractivity (Wildman–Crippen MR) is 106 cm³/mol. The van der Waals surface area contributed by atoms with E-state index < -0.39 is 0 Å². The minimum absolute atomic E-state index is 0.196. The van der Waals surface area contributed by atoms with Gasteiger partial charge in [0.2, 0.25) is 5.91 Å². The van der Waals surface area contributed by atoms with Crippen LogP contribution < -0.4 is 0 Å². The molecule has 5 heteroatoms. The van der Waals surface area contributed by atoms with E-state index in [0.29, 0.717) is 18.5 Å². The first-order valence-corrected chi connectivity index (χ1v) is 10.7. The summed E-state index contributed by atoms with van der Waals surface area (Å²) in [6, 6.07) is 11.2. The number of hydrogen-bond donors (Lipinski definition) is 0. The van der Waals surface area contributed by atoms with Gasteiger partial charge in [0.15, 0.2) is 0 Å². The Hall–Kier alpha value is -1.43. The van der Waals surface area contributed by atoms with Crippen molar-refractivity contribution in [3.63, 3.8) is 0 Å². The van der Waals surface area contributed by atoms with Crippen LogP contribution in [0.3, 0.4) is 0 Å². The first-order chi connectivity index (χ1) is 13.3. The van der Waals surface area contributed by atoms with Gasteiger partial charge in [0.05, 0.1) is 12.6 Å². The summed E-state index contributed by atoms with van der Waals surface area (Å²) < 4.78 is 6.13. The van der Waals surface area contributed by atoms with Crippen molar-refractivity contribution in [2.45, 2.75) is 50.8 Å². The lowest BCUT2D eigenvalue weighted by atomic mass is 10.1. The zero-order chi connectivity index (χ0) is 18.5. The molecule has 2 saturated heterocycles. The molecular formula is C22H33N3O2. The second-order valence-corrected chi connectivity index (χ2v) is 8.33. The molecule has 148 valence electrons. The van der Waals surface area contributed by atoms with Crippen molar-refractivity contribution in [2.24, 2.45) is 0 Å². The quantitative estimate of drug-likeness (QED) is 0.796. The number of piperazine rings is 1. The lowest BCUT2D eigenvalue weighted by molar-refractivity contribution is -0.139. The van der Waals surface area contributed by atoms with Crippen molar-refractivity contribution in [2.75, 3.05) is 45.9 Å². The molecule has 1 unspecified atom stereocenters. The Kier molecular flexibility index (Phi) is 6.43. The van der Waals surface area contributed by atoms with Crippen molar-refractivity contribution in [1.29, 1.82) is 0 Å². The molecule has 1 aromatic rings. The van der Waals surface area contributed by atoms with Crippen LogP contribution in [0.1, 0.15) is 37.7 Å². The van der Waals surface area contributed by atoms with Gasteiger partial charge < -0.3 is 9.64 Å². The molecule has 1 aromatic carbocycles. The van der Waals surface area contributed by atoms with Crippen LogP contribution in [-0.2, 0) is 16.1 Å². The van der Waals surface area contributed by atoms with E-state index in [1.807, 2.05) is 0 Å². The van der Waals surface area contributed by atoms with Crippen LogP contribution in [0.2, 0.25) is 0 Å². The van der Waals surface area contributed by atoms with Crippen LogP contribution in [0, 0.1) is 0 Å². The maximum Gasteiger partial charge on any atom is 0.237 e. The van der Waals surface area contributed by atoms with Gasteiger partial charge in [0.25, 0.3) is 0 Å². The molecule has 0 radical (unpaired) electrons. The summed E-state index contributed by atoms with van der Waals surface area (Å²) in [4.78, 5) is 19.6. The van der Waals surface area contributed by atoms with E-state index >= 15 is 0 Å². The predicted octanol–water partition coefficient (Wildman–Crippen LogP) is 2.36. The van der Waals surface area contributed by atoms with Crippen molar-refractivity contribution < 1.29 is 9.53 Å². The van der Waals surface area contributed by atoms with Gasteiger partial charge in [-0.05, 0) is 24.8 Å². The molecule has 1 saturated carbocycles. The van der Waals surface area contributed by atoms with Gasteiger partial charge >= 0.3 is 0 Å². The van der Waals surface area contributed by atoms with Crippen LogP contribution in [0.25, 0.3) is 0 Å². The number of benzene rings is 1. The first-order valence-electron chi connectivity index (χ1n) is 10.7. The van der Waals surface area contributed by atoms with Crippen LogP contribution in [0.15, 0.2) is 30.3 Å². The number of hydrogen-bond acceptors (Lipinski definition) is 4. The number of rotatable bonds is 5. The largest absolute Gasteiger partial charge is 0.376 e. The molecular weight excluding hydrogens is 338 g/mol. The molecule has 1 amide bonds. The fourth-order valence-corrected chi connectivity index (χ4v) is 4.85.